The van der Waals surface area contributed by atoms with E-state index in [1.165, 1.54) is 0 Å². The predicted octanol–water partition coefficient (Wildman–Crippen LogP) is 2.51. The third kappa shape index (κ3) is 2.99. The van der Waals surface area contributed by atoms with Crippen LogP contribution in [0.2, 0.25) is 0 Å². The van der Waals surface area contributed by atoms with Crippen LogP contribution in [0.25, 0.3) is 10.9 Å². The molecule has 0 radical (unpaired) electrons. The van der Waals surface area contributed by atoms with Crippen LogP contribution in [0.4, 0.5) is 0 Å². The highest BCUT2D eigenvalue weighted by Gasteiger charge is 2.29. The number of para-hydroxylation sites is 1. The highest BCUT2D eigenvalue weighted by molar-refractivity contribution is 7.89. The van der Waals surface area contributed by atoms with Gasteiger partial charge in [-0.2, -0.15) is 5.10 Å². The molecule has 1 aliphatic heterocycles. The molecule has 0 saturated heterocycles. The van der Waals surface area contributed by atoms with Crippen molar-refractivity contribution in [3.8, 4) is 0 Å². The monoisotopic (exact) mass is 371 g/mol. The van der Waals surface area contributed by atoms with Gasteiger partial charge in [0.05, 0.1) is 11.6 Å². The van der Waals surface area contributed by atoms with Crippen LogP contribution in [0.1, 0.15) is 43.0 Å². The molecule has 8 heteroatoms. The summed E-state index contributed by atoms with van der Waals surface area (Å²) in [6, 6.07) is 6.78. The minimum atomic E-state index is -3.73. The molecule has 0 saturated carbocycles. The lowest BCUT2D eigenvalue weighted by atomic mass is 10.1. The summed E-state index contributed by atoms with van der Waals surface area (Å²) in [5.74, 6) is 1.44. The van der Waals surface area contributed by atoms with Crippen molar-refractivity contribution in [3.05, 3.63) is 47.7 Å². The number of rotatable bonds is 4. The third-order valence-corrected chi connectivity index (χ3v) is 6.14. The van der Waals surface area contributed by atoms with E-state index >= 15 is 0 Å². The van der Waals surface area contributed by atoms with E-state index in [2.05, 4.69) is 19.8 Å². The van der Waals surface area contributed by atoms with E-state index in [1.807, 2.05) is 30.7 Å². The molecule has 0 aliphatic carbocycles. The zero-order valence-corrected chi connectivity index (χ0v) is 15.6. The Morgan fingerprint density at radius 3 is 3.00 bits per heavy atom. The Bertz CT molecular complexity index is 1070. The number of aromatic nitrogens is 4. The Morgan fingerprint density at radius 2 is 2.19 bits per heavy atom. The van der Waals surface area contributed by atoms with Crippen molar-refractivity contribution in [1.82, 2.24) is 24.5 Å². The second kappa shape index (κ2) is 6.44. The fraction of sp³-hybridized carbons (Fsp3) is 0.389. The van der Waals surface area contributed by atoms with Crippen LogP contribution in [-0.4, -0.2) is 28.2 Å². The number of aryl methyl sites for hydroxylation is 3. The molecule has 4 rings (SSSR count). The molecule has 0 unspecified atom stereocenters. The van der Waals surface area contributed by atoms with Crippen LogP contribution >= 0.6 is 0 Å². The molecule has 1 N–H and O–H groups in total. The number of fused-ring (bicyclic) bond motifs is 2. The van der Waals surface area contributed by atoms with Gasteiger partial charge in [-0.3, -0.25) is 4.98 Å². The number of nitrogens with one attached hydrogen (secondary N) is 1. The molecule has 1 aromatic carbocycles. The maximum Gasteiger partial charge on any atom is 0.243 e. The Labute approximate surface area is 152 Å². The van der Waals surface area contributed by atoms with E-state index in [1.54, 1.807) is 18.3 Å². The lowest BCUT2D eigenvalue weighted by molar-refractivity contribution is 0.399. The topological polar surface area (TPSA) is 89.8 Å². The third-order valence-electron chi connectivity index (χ3n) is 4.63. The molecule has 136 valence electrons. The fourth-order valence-electron chi connectivity index (χ4n) is 3.37. The van der Waals surface area contributed by atoms with Crippen molar-refractivity contribution in [3.63, 3.8) is 0 Å². The molecule has 3 aromatic rings. The van der Waals surface area contributed by atoms with Gasteiger partial charge in [0.15, 0.2) is 5.82 Å². The first-order valence-corrected chi connectivity index (χ1v) is 10.3. The standard InChI is InChI=1S/C18H21N5O2S/c1-3-16-20-18-14(7-5-9-23(18)21-16)22-26(24,25)15-8-4-6-13-10-12(2)11-19-17(13)15/h4,6,8,10-11,14,22H,3,5,7,9H2,1-2H3/t14-/m1/s1. The van der Waals surface area contributed by atoms with Gasteiger partial charge < -0.3 is 0 Å². The Balaban J connectivity index is 1.72. The van der Waals surface area contributed by atoms with E-state index in [-0.39, 0.29) is 10.9 Å². The van der Waals surface area contributed by atoms with Gasteiger partial charge in [-0.15, -0.1) is 0 Å². The van der Waals surface area contributed by atoms with Gasteiger partial charge in [-0.05, 0) is 37.5 Å². The van der Waals surface area contributed by atoms with Crippen molar-refractivity contribution in [2.24, 2.45) is 0 Å². The van der Waals surface area contributed by atoms with Gasteiger partial charge in [0, 0.05) is 24.5 Å². The molecule has 2 aromatic heterocycles. The van der Waals surface area contributed by atoms with E-state index in [0.717, 1.165) is 36.2 Å². The minimum Gasteiger partial charge on any atom is -0.255 e. The first-order valence-electron chi connectivity index (χ1n) is 8.79. The molecular formula is C18H21N5O2S. The quantitative estimate of drug-likeness (QED) is 0.761. The van der Waals surface area contributed by atoms with Crippen LogP contribution in [0.5, 0.6) is 0 Å². The van der Waals surface area contributed by atoms with E-state index in [4.69, 9.17) is 0 Å². The average Bonchev–Trinajstić information content (AvgIpc) is 3.05. The molecule has 0 spiro atoms. The highest BCUT2D eigenvalue weighted by atomic mass is 32.2. The summed E-state index contributed by atoms with van der Waals surface area (Å²) in [5.41, 5.74) is 1.48. The van der Waals surface area contributed by atoms with Crippen molar-refractivity contribution in [2.75, 3.05) is 0 Å². The second-order valence-electron chi connectivity index (χ2n) is 6.62. The van der Waals surface area contributed by atoms with Crippen molar-refractivity contribution in [2.45, 2.75) is 50.6 Å². The molecule has 0 amide bonds. The second-order valence-corrected chi connectivity index (χ2v) is 8.30. The van der Waals surface area contributed by atoms with E-state index in [9.17, 15) is 8.42 Å². The van der Waals surface area contributed by atoms with Crippen molar-refractivity contribution in [1.29, 1.82) is 0 Å². The highest BCUT2D eigenvalue weighted by Crippen LogP contribution is 2.27. The summed E-state index contributed by atoms with van der Waals surface area (Å²) in [6.45, 7) is 4.70. The van der Waals surface area contributed by atoms with E-state index < -0.39 is 10.0 Å². The van der Waals surface area contributed by atoms with E-state index in [0.29, 0.717) is 17.8 Å². The lowest BCUT2D eigenvalue weighted by Gasteiger charge is -2.23. The average molecular weight is 371 g/mol. The van der Waals surface area contributed by atoms with Crippen LogP contribution in [0, 0.1) is 6.92 Å². The SMILES string of the molecule is CCc1nc2n(n1)CCC[C@H]2NS(=O)(=O)c1cccc2cc(C)cnc12. The fourth-order valence-corrected chi connectivity index (χ4v) is 4.78. The summed E-state index contributed by atoms with van der Waals surface area (Å²) < 4.78 is 30.8. The number of nitrogens with zero attached hydrogens (tertiary/aromatic N) is 4. The van der Waals surface area contributed by atoms with Crippen LogP contribution in [0.3, 0.4) is 0 Å². The van der Waals surface area contributed by atoms with Gasteiger partial charge in [-0.25, -0.2) is 22.8 Å². The Kier molecular flexibility index (Phi) is 4.24. The molecular weight excluding hydrogens is 350 g/mol. The van der Waals surface area contributed by atoms with Crippen LogP contribution in [-0.2, 0) is 23.0 Å². The number of hydrogen-bond acceptors (Lipinski definition) is 5. The summed E-state index contributed by atoms with van der Waals surface area (Å²) in [6.07, 6.45) is 3.98. The van der Waals surface area contributed by atoms with Gasteiger partial charge >= 0.3 is 0 Å². The molecule has 3 heterocycles. The summed E-state index contributed by atoms with van der Waals surface area (Å²) in [7, 11) is -3.73. The summed E-state index contributed by atoms with van der Waals surface area (Å²) in [5, 5.41) is 5.25. The van der Waals surface area contributed by atoms with Crippen molar-refractivity contribution < 1.29 is 8.42 Å². The molecule has 1 aliphatic rings. The van der Waals surface area contributed by atoms with Crippen LogP contribution < -0.4 is 4.72 Å². The normalized spacial score (nSPS) is 17.4. The zero-order valence-electron chi connectivity index (χ0n) is 14.8. The molecule has 0 bridgehead atoms. The molecule has 7 nitrogen and oxygen atoms in total. The Morgan fingerprint density at radius 1 is 1.35 bits per heavy atom. The number of hydrogen-bond donors (Lipinski definition) is 1. The molecule has 0 fully saturated rings. The van der Waals surface area contributed by atoms with Gasteiger partial charge in [0.2, 0.25) is 10.0 Å². The van der Waals surface area contributed by atoms with Gasteiger partial charge in [0.1, 0.15) is 10.7 Å². The number of sulfonamides is 1. The smallest absolute Gasteiger partial charge is 0.243 e. The largest absolute Gasteiger partial charge is 0.255 e. The predicted molar refractivity (Wildman–Crippen MR) is 98.2 cm³/mol. The summed E-state index contributed by atoms with van der Waals surface area (Å²) >= 11 is 0. The van der Waals surface area contributed by atoms with Crippen molar-refractivity contribution >= 4 is 20.9 Å². The number of pyridine rings is 1. The molecule has 1 atom stereocenters. The minimum absolute atomic E-state index is 0.197. The number of benzene rings is 1. The lowest BCUT2D eigenvalue weighted by Crippen LogP contribution is -2.33. The summed E-state index contributed by atoms with van der Waals surface area (Å²) in [4.78, 5) is 9.06. The first-order chi connectivity index (χ1) is 12.5. The molecule has 26 heavy (non-hydrogen) atoms. The van der Waals surface area contributed by atoms with Crippen LogP contribution in [0.15, 0.2) is 35.4 Å². The maximum absolute atomic E-state index is 13.1. The van der Waals surface area contributed by atoms with Gasteiger partial charge in [-0.1, -0.05) is 19.1 Å². The van der Waals surface area contributed by atoms with Gasteiger partial charge in [0.25, 0.3) is 0 Å². The first kappa shape index (κ1) is 17.1. The zero-order chi connectivity index (χ0) is 18.3. The Hall–Kier alpha value is -2.32. The maximum atomic E-state index is 13.1.